The summed E-state index contributed by atoms with van der Waals surface area (Å²) < 4.78 is 10.2. The van der Waals surface area contributed by atoms with Crippen molar-refractivity contribution in [3.05, 3.63) is 21.4 Å². The second-order valence-corrected chi connectivity index (χ2v) is 4.05. The first kappa shape index (κ1) is 13.8. The number of nitrogens with one attached hydrogen (secondary N) is 1. The Balaban J connectivity index is 3.09. The third-order valence-corrected chi connectivity index (χ3v) is 2.76. The van der Waals surface area contributed by atoms with E-state index in [1.165, 1.54) is 0 Å². The largest absolute Gasteiger partial charge is 0.462 e. The zero-order chi connectivity index (χ0) is 13.0. The van der Waals surface area contributed by atoms with E-state index < -0.39 is 11.9 Å². The first-order valence-corrected chi connectivity index (χ1v) is 6.04. The average Bonchev–Trinajstić information content (AvgIpc) is 2.55. The van der Waals surface area contributed by atoms with Crippen LogP contribution in [-0.2, 0) is 9.47 Å². The van der Waals surface area contributed by atoms with Gasteiger partial charge < -0.3 is 14.5 Å². The van der Waals surface area contributed by atoms with Crippen LogP contribution in [0.25, 0.3) is 0 Å². The molecule has 0 aliphatic rings. The predicted molar refractivity (Wildman–Crippen MR) is 65.1 cm³/mol. The molecule has 0 atom stereocenters. The summed E-state index contributed by atoms with van der Waals surface area (Å²) in [5, 5.41) is 0. The van der Waals surface area contributed by atoms with Gasteiger partial charge in [0, 0.05) is 0 Å². The molecule has 94 valence electrons. The van der Waals surface area contributed by atoms with Crippen LogP contribution in [0.4, 0.5) is 0 Å². The molecule has 0 aliphatic carbocycles. The number of esters is 2. The van der Waals surface area contributed by atoms with E-state index in [2.05, 4.69) is 20.9 Å². The second kappa shape index (κ2) is 5.86. The average molecular weight is 304 g/mol. The van der Waals surface area contributed by atoms with Gasteiger partial charge in [0.15, 0.2) is 0 Å². The number of rotatable bonds is 4. The standard InChI is InChI=1S/C11H14BrNO4/c1-4-16-10(14)7-6(3)8(13-9(7)12)11(15)17-5-2/h13H,4-5H2,1-3H3. The molecular formula is C11H14BrNO4. The number of hydrogen-bond donors (Lipinski definition) is 1. The van der Waals surface area contributed by atoms with E-state index in [1.807, 2.05) is 0 Å². The Morgan fingerprint density at radius 3 is 2.24 bits per heavy atom. The van der Waals surface area contributed by atoms with Crippen LogP contribution >= 0.6 is 15.9 Å². The number of aromatic amines is 1. The highest BCUT2D eigenvalue weighted by molar-refractivity contribution is 9.10. The third kappa shape index (κ3) is 2.88. The minimum atomic E-state index is -0.485. The molecule has 1 aromatic heterocycles. The van der Waals surface area contributed by atoms with Gasteiger partial charge in [0.1, 0.15) is 5.69 Å². The highest BCUT2D eigenvalue weighted by atomic mass is 79.9. The van der Waals surface area contributed by atoms with Gasteiger partial charge in [-0.25, -0.2) is 9.59 Å². The first-order valence-electron chi connectivity index (χ1n) is 5.25. The lowest BCUT2D eigenvalue weighted by Gasteiger charge is -2.02. The highest BCUT2D eigenvalue weighted by Gasteiger charge is 2.24. The Hall–Kier alpha value is -1.30. The fourth-order valence-electron chi connectivity index (χ4n) is 1.41. The number of hydrogen-bond acceptors (Lipinski definition) is 4. The number of H-pyrrole nitrogens is 1. The molecule has 5 nitrogen and oxygen atoms in total. The molecule has 0 amide bonds. The van der Waals surface area contributed by atoms with Crippen molar-refractivity contribution in [2.75, 3.05) is 13.2 Å². The number of carbonyl (C=O) groups excluding carboxylic acids is 2. The maximum atomic E-state index is 11.7. The van der Waals surface area contributed by atoms with E-state index in [-0.39, 0.29) is 18.9 Å². The lowest BCUT2D eigenvalue weighted by molar-refractivity contribution is 0.0518. The van der Waals surface area contributed by atoms with Crippen molar-refractivity contribution in [2.45, 2.75) is 20.8 Å². The molecule has 1 heterocycles. The normalized spacial score (nSPS) is 10.1. The van der Waals surface area contributed by atoms with Crippen molar-refractivity contribution in [2.24, 2.45) is 0 Å². The van der Waals surface area contributed by atoms with Crippen LogP contribution in [0.2, 0.25) is 0 Å². The maximum absolute atomic E-state index is 11.7. The van der Waals surface area contributed by atoms with Crippen LogP contribution in [-0.4, -0.2) is 30.1 Å². The van der Waals surface area contributed by atoms with Crippen molar-refractivity contribution in [3.8, 4) is 0 Å². The molecule has 0 unspecified atom stereocenters. The van der Waals surface area contributed by atoms with Crippen LogP contribution in [0.3, 0.4) is 0 Å². The lowest BCUT2D eigenvalue weighted by atomic mass is 10.2. The Kier molecular flexibility index (Phi) is 4.74. The van der Waals surface area contributed by atoms with Crippen LogP contribution in [0, 0.1) is 6.92 Å². The zero-order valence-electron chi connectivity index (χ0n) is 9.93. The Morgan fingerprint density at radius 2 is 1.71 bits per heavy atom. The fourth-order valence-corrected chi connectivity index (χ4v) is 2.07. The minimum absolute atomic E-state index is 0.266. The first-order chi connectivity index (χ1) is 8.02. The van der Waals surface area contributed by atoms with Gasteiger partial charge >= 0.3 is 11.9 Å². The molecule has 6 heteroatoms. The van der Waals surface area contributed by atoms with E-state index in [9.17, 15) is 9.59 Å². The van der Waals surface area contributed by atoms with E-state index in [1.54, 1.807) is 20.8 Å². The van der Waals surface area contributed by atoms with Gasteiger partial charge in [-0.3, -0.25) is 0 Å². The summed E-state index contributed by atoms with van der Waals surface area (Å²) in [5.74, 6) is -0.954. The lowest BCUT2D eigenvalue weighted by Crippen LogP contribution is -2.09. The predicted octanol–water partition coefficient (Wildman–Crippen LogP) is 2.44. The summed E-state index contributed by atoms with van der Waals surface area (Å²) in [6.07, 6.45) is 0. The number of carbonyl (C=O) groups is 2. The van der Waals surface area contributed by atoms with Gasteiger partial charge in [0.05, 0.1) is 23.4 Å². The molecule has 0 saturated heterocycles. The van der Waals surface area contributed by atoms with Gasteiger partial charge in [-0.1, -0.05) is 0 Å². The van der Waals surface area contributed by atoms with Crippen LogP contribution < -0.4 is 0 Å². The Bertz CT molecular complexity index is 439. The van der Waals surface area contributed by atoms with Crippen LogP contribution in [0.15, 0.2) is 4.60 Å². The van der Waals surface area contributed by atoms with Gasteiger partial charge in [-0.05, 0) is 42.3 Å². The quantitative estimate of drug-likeness (QED) is 0.868. The molecule has 0 aliphatic heterocycles. The SMILES string of the molecule is CCOC(=O)c1[nH]c(Br)c(C(=O)OCC)c1C. The molecule has 0 spiro atoms. The van der Waals surface area contributed by atoms with Crippen molar-refractivity contribution >= 4 is 27.9 Å². The topological polar surface area (TPSA) is 68.4 Å². The van der Waals surface area contributed by atoms with Gasteiger partial charge in [0.25, 0.3) is 0 Å². The van der Waals surface area contributed by atoms with Crippen LogP contribution in [0.1, 0.15) is 40.3 Å². The van der Waals surface area contributed by atoms with Gasteiger partial charge in [-0.15, -0.1) is 0 Å². The molecule has 0 radical (unpaired) electrons. The van der Waals surface area contributed by atoms with Crippen molar-refractivity contribution < 1.29 is 19.1 Å². The summed E-state index contributed by atoms with van der Waals surface area (Å²) in [7, 11) is 0. The summed E-state index contributed by atoms with van der Waals surface area (Å²) in [4.78, 5) is 26.0. The molecule has 17 heavy (non-hydrogen) atoms. The number of ether oxygens (including phenoxy) is 2. The van der Waals surface area contributed by atoms with E-state index in [0.29, 0.717) is 15.7 Å². The minimum Gasteiger partial charge on any atom is -0.462 e. The van der Waals surface area contributed by atoms with Crippen LogP contribution in [0.5, 0.6) is 0 Å². The Morgan fingerprint density at radius 1 is 1.18 bits per heavy atom. The summed E-state index contributed by atoms with van der Waals surface area (Å²) in [6.45, 7) is 5.67. The van der Waals surface area contributed by atoms with Crippen molar-refractivity contribution in [3.63, 3.8) is 0 Å². The highest BCUT2D eigenvalue weighted by Crippen LogP contribution is 2.24. The van der Waals surface area contributed by atoms with Gasteiger partial charge in [-0.2, -0.15) is 0 Å². The van der Waals surface area contributed by atoms with Crippen molar-refractivity contribution in [1.29, 1.82) is 0 Å². The number of halogens is 1. The third-order valence-electron chi connectivity index (χ3n) is 2.16. The summed E-state index contributed by atoms with van der Waals surface area (Å²) >= 11 is 3.19. The molecule has 1 aromatic rings. The molecule has 0 bridgehead atoms. The van der Waals surface area contributed by atoms with Crippen molar-refractivity contribution in [1.82, 2.24) is 4.98 Å². The number of aromatic nitrogens is 1. The molecule has 0 aromatic carbocycles. The van der Waals surface area contributed by atoms with E-state index in [4.69, 9.17) is 9.47 Å². The molecule has 1 rings (SSSR count). The molecule has 1 N–H and O–H groups in total. The molecule has 0 saturated carbocycles. The second-order valence-electron chi connectivity index (χ2n) is 3.25. The maximum Gasteiger partial charge on any atom is 0.355 e. The fraction of sp³-hybridized carbons (Fsp3) is 0.455. The Labute approximate surface area is 108 Å². The molecular weight excluding hydrogens is 290 g/mol. The summed E-state index contributed by atoms with van der Waals surface area (Å²) in [5.41, 5.74) is 1.12. The van der Waals surface area contributed by atoms with E-state index in [0.717, 1.165) is 0 Å². The molecule has 0 fully saturated rings. The van der Waals surface area contributed by atoms with E-state index >= 15 is 0 Å². The smallest absolute Gasteiger partial charge is 0.355 e. The van der Waals surface area contributed by atoms with Gasteiger partial charge in [0.2, 0.25) is 0 Å². The monoisotopic (exact) mass is 303 g/mol. The summed E-state index contributed by atoms with van der Waals surface area (Å²) in [6, 6.07) is 0. The zero-order valence-corrected chi connectivity index (χ0v) is 11.5.